The highest BCUT2D eigenvalue weighted by Crippen LogP contribution is 2.21. The van der Waals surface area contributed by atoms with Crippen molar-refractivity contribution in [3.05, 3.63) is 34.0 Å². The van der Waals surface area contributed by atoms with Crippen molar-refractivity contribution in [2.24, 2.45) is 0 Å². The van der Waals surface area contributed by atoms with Crippen molar-refractivity contribution in [1.29, 1.82) is 0 Å². The van der Waals surface area contributed by atoms with Crippen LogP contribution in [0.2, 0.25) is 0 Å². The van der Waals surface area contributed by atoms with Gasteiger partial charge in [-0.25, -0.2) is 9.78 Å². The van der Waals surface area contributed by atoms with Gasteiger partial charge in [-0.15, -0.1) is 0 Å². The summed E-state index contributed by atoms with van der Waals surface area (Å²) in [7, 11) is 1.34. The van der Waals surface area contributed by atoms with E-state index in [0.717, 1.165) is 12.3 Å². The van der Waals surface area contributed by atoms with Crippen LogP contribution in [0.1, 0.15) is 5.56 Å². The maximum absolute atomic E-state index is 10.5. The molecule has 7 nitrogen and oxygen atoms in total. The number of pyridine rings is 1. The van der Waals surface area contributed by atoms with Crippen molar-refractivity contribution in [1.82, 2.24) is 4.98 Å². The normalized spacial score (nSPS) is 10.3. The van der Waals surface area contributed by atoms with Gasteiger partial charge in [-0.3, -0.25) is 10.1 Å². The number of hydrogen-bond donors (Lipinski definition) is 1. The molecule has 0 atom stereocenters. The molecule has 1 N–H and O–H groups in total. The maximum atomic E-state index is 10.5. The minimum Gasteiger partial charge on any atom is -0.481 e. The van der Waals surface area contributed by atoms with E-state index < -0.39 is 10.9 Å². The van der Waals surface area contributed by atoms with E-state index in [4.69, 9.17) is 9.84 Å². The van der Waals surface area contributed by atoms with Gasteiger partial charge in [0, 0.05) is 17.7 Å². The number of nitro groups is 1. The Morgan fingerprint density at radius 2 is 2.38 bits per heavy atom. The summed E-state index contributed by atoms with van der Waals surface area (Å²) in [6, 6.07) is 1.19. The van der Waals surface area contributed by atoms with Gasteiger partial charge < -0.3 is 9.84 Å². The standard InChI is InChI=1S/C9H8N2O5/c1-16-9-6(2-3-8(12)13)4-7(5-10-9)11(14)15/h2-5H,1H3,(H,12,13). The molecule has 1 rings (SSSR count). The Bertz CT molecular complexity index is 455. The molecule has 0 aromatic carbocycles. The van der Waals surface area contributed by atoms with Gasteiger partial charge in [0.05, 0.1) is 12.0 Å². The van der Waals surface area contributed by atoms with Crippen LogP contribution < -0.4 is 4.74 Å². The zero-order chi connectivity index (χ0) is 12.1. The number of carbonyl (C=O) groups is 1. The predicted molar refractivity (Wildman–Crippen MR) is 54.1 cm³/mol. The number of ether oxygens (including phenoxy) is 1. The first-order valence-electron chi connectivity index (χ1n) is 4.14. The average molecular weight is 224 g/mol. The Labute approximate surface area is 90.1 Å². The Balaban J connectivity index is 3.16. The SMILES string of the molecule is COc1ncc([N+](=O)[O-])cc1C=CC(=O)O. The number of aliphatic carboxylic acids is 1. The third kappa shape index (κ3) is 2.77. The van der Waals surface area contributed by atoms with Gasteiger partial charge in [0.25, 0.3) is 5.69 Å². The number of rotatable bonds is 4. The highest BCUT2D eigenvalue weighted by atomic mass is 16.6. The zero-order valence-corrected chi connectivity index (χ0v) is 8.28. The molecule has 16 heavy (non-hydrogen) atoms. The molecule has 0 amide bonds. The van der Waals surface area contributed by atoms with E-state index in [9.17, 15) is 14.9 Å². The molecule has 0 aliphatic rings. The molecule has 0 saturated heterocycles. The lowest BCUT2D eigenvalue weighted by Crippen LogP contribution is -1.95. The van der Waals surface area contributed by atoms with E-state index >= 15 is 0 Å². The maximum Gasteiger partial charge on any atom is 0.328 e. The number of hydrogen-bond acceptors (Lipinski definition) is 5. The van der Waals surface area contributed by atoms with E-state index in [1.54, 1.807) is 0 Å². The third-order valence-corrected chi connectivity index (χ3v) is 1.67. The number of aromatic nitrogens is 1. The first kappa shape index (κ1) is 11.6. The molecule has 0 unspecified atom stereocenters. The largest absolute Gasteiger partial charge is 0.481 e. The van der Waals surface area contributed by atoms with Gasteiger partial charge in [0.1, 0.15) is 6.20 Å². The van der Waals surface area contributed by atoms with Gasteiger partial charge in [-0.1, -0.05) is 0 Å². The van der Waals surface area contributed by atoms with E-state index in [1.165, 1.54) is 19.3 Å². The lowest BCUT2D eigenvalue weighted by atomic mass is 10.2. The van der Waals surface area contributed by atoms with Crippen LogP contribution in [0.3, 0.4) is 0 Å². The molecule has 0 radical (unpaired) electrons. The third-order valence-electron chi connectivity index (χ3n) is 1.67. The smallest absolute Gasteiger partial charge is 0.328 e. The van der Waals surface area contributed by atoms with E-state index in [-0.39, 0.29) is 17.1 Å². The van der Waals surface area contributed by atoms with Crippen molar-refractivity contribution in [3.8, 4) is 5.88 Å². The fraction of sp³-hybridized carbons (Fsp3) is 0.111. The molecule has 0 fully saturated rings. The summed E-state index contributed by atoms with van der Waals surface area (Å²) in [5.41, 5.74) is 0.00457. The minimum absolute atomic E-state index is 0.128. The van der Waals surface area contributed by atoms with Crippen LogP contribution in [-0.2, 0) is 4.79 Å². The van der Waals surface area contributed by atoms with Crippen LogP contribution in [0.15, 0.2) is 18.3 Å². The highest BCUT2D eigenvalue weighted by Gasteiger charge is 2.10. The molecule has 0 aliphatic heterocycles. The van der Waals surface area contributed by atoms with Gasteiger partial charge in [0.15, 0.2) is 0 Å². The zero-order valence-electron chi connectivity index (χ0n) is 8.28. The number of carboxylic acid groups (broad SMARTS) is 1. The molecule has 0 bridgehead atoms. The van der Waals surface area contributed by atoms with Gasteiger partial charge in [-0.2, -0.15) is 0 Å². The van der Waals surface area contributed by atoms with Gasteiger partial charge in [0.2, 0.25) is 5.88 Å². The first-order valence-corrected chi connectivity index (χ1v) is 4.14. The lowest BCUT2D eigenvalue weighted by molar-refractivity contribution is -0.385. The summed E-state index contributed by atoms with van der Waals surface area (Å²) in [6.07, 6.45) is 3.07. The second-order valence-electron chi connectivity index (χ2n) is 2.72. The Morgan fingerprint density at radius 3 is 2.88 bits per heavy atom. The van der Waals surface area contributed by atoms with Crippen LogP contribution in [-0.4, -0.2) is 28.1 Å². The molecular formula is C9H8N2O5. The van der Waals surface area contributed by atoms with Crippen molar-refractivity contribution in [2.75, 3.05) is 7.11 Å². The van der Waals surface area contributed by atoms with Gasteiger partial charge >= 0.3 is 5.97 Å². The van der Waals surface area contributed by atoms with Crippen LogP contribution in [0.5, 0.6) is 5.88 Å². The molecule has 7 heteroatoms. The van der Waals surface area contributed by atoms with Crippen molar-refractivity contribution < 1.29 is 19.6 Å². The molecule has 1 heterocycles. The van der Waals surface area contributed by atoms with E-state index in [1.807, 2.05) is 0 Å². The highest BCUT2D eigenvalue weighted by molar-refractivity contribution is 5.85. The van der Waals surface area contributed by atoms with Crippen molar-refractivity contribution >= 4 is 17.7 Å². The number of nitrogens with zero attached hydrogens (tertiary/aromatic N) is 2. The summed E-state index contributed by atoms with van der Waals surface area (Å²) in [5, 5.41) is 18.9. The van der Waals surface area contributed by atoms with Crippen molar-refractivity contribution in [2.45, 2.75) is 0 Å². The van der Waals surface area contributed by atoms with E-state index in [2.05, 4.69) is 4.98 Å². The minimum atomic E-state index is -1.16. The fourth-order valence-electron chi connectivity index (χ4n) is 1.01. The quantitative estimate of drug-likeness (QED) is 0.466. The van der Waals surface area contributed by atoms with Crippen LogP contribution in [0.25, 0.3) is 6.08 Å². The average Bonchev–Trinajstić information content (AvgIpc) is 2.25. The van der Waals surface area contributed by atoms with Crippen LogP contribution in [0, 0.1) is 10.1 Å². The fourth-order valence-corrected chi connectivity index (χ4v) is 1.01. The molecule has 1 aromatic rings. The topological polar surface area (TPSA) is 103 Å². The Morgan fingerprint density at radius 1 is 1.69 bits per heavy atom. The second-order valence-corrected chi connectivity index (χ2v) is 2.72. The summed E-state index contributed by atoms with van der Waals surface area (Å²) in [5.74, 6) is -1.03. The predicted octanol–water partition coefficient (Wildman–Crippen LogP) is 1.10. The molecule has 0 aliphatic carbocycles. The molecule has 0 spiro atoms. The first-order chi connectivity index (χ1) is 7.54. The molecule has 1 aromatic heterocycles. The second kappa shape index (κ2) is 4.87. The van der Waals surface area contributed by atoms with Gasteiger partial charge in [-0.05, 0) is 6.08 Å². The lowest BCUT2D eigenvalue weighted by Gasteiger charge is -2.02. The molecule has 84 valence electrons. The Kier molecular flexibility index (Phi) is 3.54. The van der Waals surface area contributed by atoms with Crippen molar-refractivity contribution in [3.63, 3.8) is 0 Å². The summed E-state index contributed by atoms with van der Waals surface area (Å²) in [4.78, 5) is 23.9. The van der Waals surface area contributed by atoms with Crippen LogP contribution in [0.4, 0.5) is 5.69 Å². The van der Waals surface area contributed by atoms with E-state index in [0.29, 0.717) is 0 Å². The number of methoxy groups -OCH3 is 1. The monoisotopic (exact) mass is 224 g/mol. The summed E-state index contributed by atoms with van der Waals surface area (Å²) < 4.78 is 4.83. The Hall–Kier alpha value is -2.44. The van der Waals surface area contributed by atoms with Crippen LogP contribution >= 0.6 is 0 Å². The molecular weight excluding hydrogens is 216 g/mol. The summed E-state index contributed by atoms with van der Waals surface area (Å²) in [6.45, 7) is 0. The molecule has 0 saturated carbocycles. The number of carboxylic acids is 1. The summed E-state index contributed by atoms with van der Waals surface area (Å²) >= 11 is 0.